The van der Waals surface area contributed by atoms with Crippen molar-refractivity contribution in [2.75, 3.05) is 0 Å². The third-order valence-corrected chi connectivity index (χ3v) is 3.30. The Morgan fingerprint density at radius 2 is 2.25 bits per heavy atom. The predicted molar refractivity (Wildman–Crippen MR) is 53.1 cm³/mol. The standard InChI is InChI=1S/C12H20/c1-2-3-4-5-6-10-7-11-9-12(11)8-10/h7,11-12H,2-6,8-9H2,1H3. The molecule has 68 valence electrons. The van der Waals surface area contributed by atoms with Gasteiger partial charge in [-0.15, -0.1) is 0 Å². The minimum absolute atomic E-state index is 1.03. The minimum Gasteiger partial charge on any atom is -0.0819 e. The van der Waals surface area contributed by atoms with Crippen LogP contribution >= 0.6 is 0 Å². The lowest BCUT2D eigenvalue weighted by atomic mass is 10.0. The van der Waals surface area contributed by atoms with E-state index in [2.05, 4.69) is 13.0 Å². The number of allylic oxidation sites excluding steroid dienone is 2. The summed E-state index contributed by atoms with van der Waals surface area (Å²) in [6, 6.07) is 0. The van der Waals surface area contributed by atoms with Crippen LogP contribution in [0.5, 0.6) is 0 Å². The van der Waals surface area contributed by atoms with E-state index in [-0.39, 0.29) is 0 Å². The minimum atomic E-state index is 1.03. The lowest BCUT2D eigenvalue weighted by Gasteiger charge is -2.02. The molecule has 0 N–H and O–H groups in total. The lowest BCUT2D eigenvalue weighted by molar-refractivity contribution is 0.651. The molecule has 0 heterocycles. The Morgan fingerprint density at radius 3 is 2.92 bits per heavy atom. The number of hydrogen-bond acceptors (Lipinski definition) is 0. The third-order valence-electron chi connectivity index (χ3n) is 3.30. The van der Waals surface area contributed by atoms with Gasteiger partial charge in [0.2, 0.25) is 0 Å². The maximum absolute atomic E-state index is 2.57. The normalized spacial score (nSPS) is 31.6. The van der Waals surface area contributed by atoms with Crippen molar-refractivity contribution in [3.05, 3.63) is 11.6 Å². The summed E-state index contributed by atoms with van der Waals surface area (Å²) in [7, 11) is 0. The first kappa shape index (κ1) is 8.34. The fourth-order valence-corrected chi connectivity index (χ4v) is 2.38. The molecular weight excluding hydrogens is 144 g/mol. The number of hydrogen-bond donors (Lipinski definition) is 0. The molecule has 0 heteroatoms. The molecule has 0 aromatic rings. The largest absolute Gasteiger partial charge is 0.0819 e. The van der Waals surface area contributed by atoms with Gasteiger partial charge < -0.3 is 0 Å². The SMILES string of the molecule is CCCCCCC1=CC2CC2C1. The molecule has 2 aliphatic rings. The van der Waals surface area contributed by atoms with Crippen molar-refractivity contribution in [1.82, 2.24) is 0 Å². The Morgan fingerprint density at radius 1 is 1.33 bits per heavy atom. The second-order valence-electron chi connectivity index (χ2n) is 4.50. The van der Waals surface area contributed by atoms with Crippen molar-refractivity contribution in [3.63, 3.8) is 0 Å². The van der Waals surface area contributed by atoms with Crippen molar-refractivity contribution in [1.29, 1.82) is 0 Å². The Bertz CT molecular complexity index is 178. The van der Waals surface area contributed by atoms with Gasteiger partial charge in [-0.25, -0.2) is 0 Å². The first-order chi connectivity index (χ1) is 5.90. The summed E-state index contributed by atoms with van der Waals surface area (Å²) in [6.45, 7) is 2.28. The summed E-state index contributed by atoms with van der Waals surface area (Å²) in [5, 5.41) is 0. The smallest absolute Gasteiger partial charge is 0.0196 e. The summed E-state index contributed by atoms with van der Waals surface area (Å²) in [6.07, 6.45) is 12.6. The third kappa shape index (κ3) is 1.91. The Kier molecular flexibility index (Phi) is 2.53. The molecule has 2 unspecified atom stereocenters. The van der Waals surface area contributed by atoms with Crippen LogP contribution in [0.15, 0.2) is 11.6 Å². The van der Waals surface area contributed by atoms with Gasteiger partial charge in [-0.05, 0) is 37.5 Å². The van der Waals surface area contributed by atoms with Crippen molar-refractivity contribution in [3.8, 4) is 0 Å². The van der Waals surface area contributed by atoms with Gasteiger partial charge in [0.25, 0.3) is 0 Å². The molecule has 2 aliphatic carbocycles. The van der Waals surface area contributed by atoms with Crippen LogP contribution in [0.2, 0.25) is 0 Å². The summed E-state index contributed by atoms with van der Waals surface area (Å²) < 4.78 is 0. The Balaban J connectivity index is 1.58. The van der Waals surface area contributed by atoms with Crippen LogP contribution in [0.4, 0.5) is 0 Å². The van der Waals surface area contributed by atoms with E-state index in [9.17, 15) is 0 Å². The Labute approximate surface area is 76.1 Å². The molecule has 1 saturated carbocycles. The average Bonchev–Trinajstić information content (AvgIpc) is 2.69. The molecule has 0 aromatic carbocycles. The zero-order valence-corrected chi connectivity index (χ0v) is 8.18. The fraction of sp³-hybridized carbons (Fsp3) is 0.833. The lowest BCUT2D eigenvalue weighted by Crippen LogP contribution is -1.83. The van der Waals surface area contributed by atoms with Crippen LogP contribution in [0.3, 0.4) is 0 Å². The van der Waals surface area contributed by atoms with E-state index in [1.54, 1.807) is 5.57 Å². The van der Waals surface area contributed by atoms with Crippen LogP contribution in [0.25, 0.3) is 0 Å². The van der Waals surface area contributed by atoms with E-state index in [1.807, 2.05) is 0 Å². The molecule has 1 fully saturated rings. The fourth-order valence-electron chi connectivity index (χ4n) is 2.38. The van der Waals surface area contributed by atoms with E-state index >= 15 is 0 Å². The van der Waals surface area contributed by atoms with Gasteiger partial charge in [-0.2, -0.15) is 0 Å². The van der Waals surface area contributed by atoms with Gasteiger partial charge >= 0.3 is 0 Å². The summed E-state index contributed by atoms with van der Waals surface area (Å²) in [4.78, 5) is 0. The van der Waals surface area contributed by atoms with E-state index in [1.165, 1.54) is 44.9 Å². The molecule has 0 aromatic heterocycles. The molecular formula is C12H20. The van der Waals surface area contributed by atoms with Crippen LogP contribution < -0.4 is 0 Å². The molecule has 0 bridgehead atoms. The number of unbranched alkanes of at least 4 members (excludes halogenated alkanes) is 3. The molecule has 0 saturated heterocycles. The van der Waals surface area contributed by atoms with E-state index in [4.69, 9.17) is 0 Å². The highest BCUT2D eigenvalue weighted by Gasteiger charge is 2.39. The van der Waals surface area contributed by atoms with E-state index in [0.29, 0.717) is 0 Å². The zero-order chi connectivity index (χ0) is 8.39. The second kappa shape index (κ2) is 3.64. The maximum Gasteiger partial charge on any atom is -0.0196 e. The highest BCUT2D eigenvalue weighted by atomic mass is 14.4. The Hall–Kier alpha value is -0.260. The highest BCUT2D eigenvalue weighted by Crippen LogP contribution is 2.51. The van der Waals surface area contributed by atoms with Crippen molar-refractivity contribution >= 4 is 0 Å². The monoisotopic (exact) mass is 164 g/mol. The summed E-state index contributed by atoms with van der Waals surface area (Å²) >= 11 is 0. The topological polar surface area (TPSA) is 0 Å². The van der Waals surface area contributed by atoms with E-state index < -0.39 is 0 Å². The first-order valence-electron chi connectivity index (χ1n) is 5.59. The zero-order valence-electron chi connectivity index (χ0n) is 8.18. The number of rotatable bonds is 5. The van der Waals surface area contributed by atoms with Gasteiger partial charge in [-0.3, -0.25) is 0 Å². The van der Waals surface area contributed by atoms with Crippen LogP contribution in [0.1, 0.15) is 51.9 Å². The quantitative estimate of drug-likeness (QED) is 0.426. The second-order valence-corrected chi connectivity index (χ2v) is 4.50. The van der Waals surface area contributed by atoms with Gasteiger partial charge in [0.05, 0.1) is 0 Å². The molecule has 0 nitrogen and oxygen atoms in total. The molecule has 12 heavy (non-hydrogen) atoms. The predicted octanol–water partition coefficient (Wildman–Crippen LogP) is 3.92. The molecule has 0 amide bonds. The van der Waals surface area contributed by atoms with Gasteiger partial charge in [-0.1, -0.05) is 37.8 Å². The van der Waals surface area contributed by atoms with E-state index in [0.717, 1.165) is 11.8 Å². The van der Waals surface area contributed by atoms with Crippen molar-refractivity contribution < 1.29 is 0 Å². The van der Waals surface area contributed by atoms with Crippen LogP contribution in [0, 0.1) is 11.8 Å². The van der Waals surface area contributed by atoms with Gasteiger partial charge in [0.1, 0.15) is 0 Å². The molecule has 2 rings (SSSR count). The van der Waals surface area contributed by atoms with Crippen LogP contribution in [-0.2, 0) is 0 Å². The summed E-state index contributed by atoms with van der Waals surface area (Å²) in [5.41, 5.74) is 1.78. The summed E-state index contributed by atoms with van der Waals surface area (Å²) in [5.74, 6) is 2.14. The number of fused-ring (bicyclic) bond motifs is 1. The van der Waals surface area contributed by atoms with Crippen molar-refractivity contribution in [2.24, 2.45) is 11.8 Å². The van der Waals surface area contributed by atoms with Gasteiger partial charge in [0, 0.05) is 0 Å². The van der Waals surface area contributed by atoms with Gasteiger partial charge in [0.15, 0.2) is 0 Å². The first-order valence-corrected chi connectivity index (χ1v) is 5.59. The highest BCUT2D eigenvalue weighted by molar-refractivity contribution is 5.21. The molecule has 0 radical (unpaired) electrons. The molecule has 2 atom stereocenters. The average molecular weight is 164 g/mol. The molecule has 0 aliphatic heterocycles. The maximum atomic E-state index is 2.57. The van der Waals surface area contributed by atoms with Crippen LogP contribution in [-0.4, -0.2) is 0 Å². The molecule has 0 spiro atoms. The van der Waals surface area contributed by atoms with Crippen molar-refractivity contribution in [2.45, 2.75) is 51.9 Å².